The molecule has 0 aliphatic heterocycles. The molecule has 120 valence electrons. The molecule has 0 saturated heterocycles. The zero-order chi connectivity index (χ0) is 16.9. The first-order chi connectivity index (χ1) is 11.6. The molecule has 1 aromatic heterocycles. The Kier molecular flexibility index (Phi) is 4.72. The van der Waals surface area contributed by atoms with Gasteiger partial charge in [-0.1, -0.05) is 17.7 Å². The molecular weight excluding hydrogens is 326 g/mol. The van der Waals surface area contributed by atoms with E-state index >= 15 is 0 Å². The normalized spacial score (nSPS) is 10.2. The number of amides is 1. The lowest BCUT2D eigenvalue weighted by atomic mass is 10.2. The first-order valence-corrected chi connectivity index (χ1v) is 7.63. The topological polar surface area (TPSA) is 64.1 Å². The monoisotopic (exact) mass is 339 g/mol. The fourth-order valence-corrected chi connectivity index (χ4v) is 2.13. The maximum Gasteiger partial charge on any atom is 0.255 e. The Balaban J connectivity index is 1.73. The largest absolute Gasteiger partial charge is 0.438 e. The minimum atomic E-state index is -0.238. The van der Waals surface area contributed by atoms with Crippen molar-refractivity contribution in [1.82, 2.24) is 10.2 Å². The van der Waals surface area contributed by atoms with Crippen LogP contribution < -0.4 is 10.1 Å². The van der Waals surface area contributed by atoms with Crippen molar-refractivity contribution in [3.8, 4) is 11.6 Å². The van der Waals surface area contributed by atoms with Gasteiger partial charge < -0.3 is 10.1 Å². The van der Waals surface area contributed by atoms with Crippen LogP contribution in [0.5, 0.6) is 11.6 Å². The van der Waals surface area contributed by atoms with Gasteiger partial charge in [-0.15, -0.1) is 5.10 Å². The van der Waals surface area contributed by atoms with Crippen LogP contribution in [0.25, 0.3) is 0 Å². The molecule has 0 saturated carbocycles. The van der Waals surface area contributed by atoms with E-state index < -0.39 is 0 Å². The van der Waals surface area contributed by atoms with E-state index in [1.807, 2.05) is 6.92 Å². The van der Waals surface area contributed by atoms with E-state index in [0.717, 1.165) is 5.69 Å². The van der Waals surface area contributed by atoms with E-state index in [1.165, 1.54) is 0 Å². The number of nitrogens with one attached hydrogen (secondary N) is 1. The van der Waals surface area contributed by atoms with E-state index in [2.05, 4.69) is 15.5 Å². The molecular formula is C18H14ClN3O2. The second-order valence-electron chi connectivity index (χ2n) is 5.10. The Morgan fingerprint density at radius 3 is 2.54 bits per heavy atom. The van der Waals surface area contributed by atoms with Crippen LogP contribution in [0.15, 0.2) is 60.7 Å². The van der Waals surface area contributed by atoms with Gasteiger partial charge in [0.15, 0.2) is 0 Å². The lowest BCUT2D eigenvalue weighted by molar-refractivity contribution is 0.102. The number of nitrogens with zero attached hydrogens (tertiary/aromatic N) is 2. The van der Waals surface area contributed by atoms with Crippen LogP contribution in [0.3, 0.4) is 0 Å². The molecule has 2 aromatic carbocycles. The summed E-state index contributed by atoms with van der Waals surface area (Å²) in [5, 5.41) is 11.3. The van der Waals surface area contributed by atoms with Gasteiger partial charge in [-0.25, -0.2) is 0 Å². The number of hydrogen-bond acceptors (Lipinski definition) is 4. The van der Waals surface area contributed by atoms with Crippen molar-refractivity contribution in [2.45, 2.75) is 6.92 Å². The van der Waals surface area contributed by atoms with E-state index in [4.69, 9.17) is 16.3 Å². The van der Waals surface area contributed by atoms with Crippen LogP contribution in [-0.4, -0.2) is 16.1 Å². The van der Waals surface area contributed by atoms with Gasteiger partial charge in [-0.05, 0) is 55.5 Å². The number of anilines is 1. The third kappa shape index (κ3) is 4.08. The summed E-state index contributed by atoms with van der Waals surface area (Å²) in [6, 6.07) is 17.3. The molecule has 1 amide bonds. The molecule has 0 aliphatic rings. The highest BCUT2D eigenvalue weighted by Gasteiger charge is 2.08. The number of carbonyl (C=O) groups excluding carboxylic acids is 1. The average Bonchev–Trinajstić information content (AvgIpc) is 2.59. The quantitative estimate of drug-likeness (QED) is 0.761. The second-order valence-corrected chi connectivity index (χ2v) is 5.54. The Hall–Kier alpha value is -2.92. The van der Waals surface area contributed by atoms with Gasteiger partial charge in [0.25, 0.3) is 5.91 Å². The van der Waals surface area contributed by atoms with Gasteiger partial charge in [0.05, 0.1) is 5.69 Å². The Morgan fingerprint density at radius 1 is 1.04 bits per heavy atom. The van der Waals surface area contributed by atoms with Crippen molar-refractivity contribution >= 4 is 23.2 Å². The molecule has 1 N–H and O–H groups in total. The number of benzene rings is 2. The van der Waals surface area contributed by atoms with Crippen molar-refractivity contribution < 1.29 is 9.53 Å². The zero-order valence-electron chi connectivity index (χ0n) is 12.9. The van der Waals surface area contributed by atoms with Crippen molar-refractivity contribution in [2.75, 3.05) is 5.32 Å². The number of hydrogen-bond donors (Lipinski definition) is 1. The van der Waals surface area contributed by atoms with E-state index in [1.54, 1.807) is 60.7 Å². The van der Waals surface area contributed by atoms with Crippen LogP contribution in [0.2, 0.25) is 5.02 Å². The Morgan fingerprint density at radius 2 is 1.83 bits per heavy atom. The van der Waals surface area contributed by atoms with Gasteiger partial charge in [0, 0.05) is 22.3 Å². The predicted molar refractivity (Wildman–Crippen MR) is 92.7 cm³/mol. The maximum atomic E-state index is 12.3. The molecule has 1 heterocycles. The molecule has 0 fully saturated rings. The van der Waals surface area contributed by atoms with Crippen molar-refractivity contribution in [2.24, 2.45) is 0 Å². The smallest absolute Gasteiger partial charge is 0.255 e. The third-order valence-corrected chi connectivity index (χ3v) is 3.45. The molecule has 0 radical (unpaired) electrons. The summed E-state index contributed by atoms with van der Waals surface area (Å²) in [6.07, 6.45) is 0. The molecule has 0 spiro atoms. The highest BCUT2D eigenvalue weighted by molar-refractivity contribution is 6.30. The van der Waals surface area contributed by atoms with Crippen molar-refractivity contribution in [1.29, 1.82) is 0 Å². The number of rotatable bonds is 4. The van der Waals surface area contributed by atoms with Crippen LogP contribution in [0, 0.1) is 6.92 Å². The van der Waals surface area contributed by atoms with E-state index in [9.17, 15) is 4.79 Å². The van der Waals surface area contributed by atoms with Gasteiger partial charge in [0.2, 0.25) is 5.88 Å². The van der Waals surface area contributed by atoms with Gasteiger partial charge in [-0.2, -0.15) is 5.10 Å². The summed E-state index contributed by atoms with van der Waals surface area (Å²) in [5.74, 6) is 0.644. The SMILES string of the molecule is Cc1ccc(Oc2cccc(C(=O)Nc3ccc(Cl)cc3)c2)nn1. The fourth-order valence-electron chi connectivity index (χ4n) is 2.00. The molecule has 3 aromatic rings. The third-order valence-electron chi connectivity index (χ3n) is 3.19. The summed E-state index contributed by atoms with van der Waals surface area (Å²) >= 11 is 5.83. The molecule has 0 unspecified atom stereocenters. The summed E-state index contributed by atoms with van der Waals surface area (Å²) in [7, 11) is 0. The minimum Gasteiger partial charge on any atom is -0.438 e. The second kappa shape index (κ2) is 7.10. The number of carbonyl (C=O) groups is 1. The van der Waals surface area contributed by atoms with Crippen LogP contribution in [0.1, 0.15) is 16.1 Å². The summed E-state index contributed by atoms with van der Waals surface area (Å²) in [4.78, 5) is 12.3. The van der Waals surface area contributed by atoms with Gasteiger partial charge in [-0.3, -0.25) is 4.79 Å². The molecule has 0 atom stereocenters. The van der Waals surface area contributed by atoms with Crippen LogP contribution >= 0.6 is 11.6 Å². The van der Waals surface area contributed by atoms with E-state index in [-0.39, 0.29) is 5.91 Å². The molecule has 3 rings (SSSR count). The highest BCUT2D eigenvalue weighted by Crippen LogP contribution is 2.21. The maximum absolute atomic E-state index is 12.3. The molecule has 0 bridgehead atoms. The number of halogens is 1. The Bertz CT molecular complexity index is 849. The first-order valence-electron chi connectivity index (χ1n) is 7.25. The number of ether oxygens (including phenoxy) is 1. The van der Waals surface area contributed by atoms with Crippen LogP contribution in [-0.2, 0) is 0 Å². The van der Waals surface area contributed by atoms with Gasteiger partial charge in [0.1, 0.15) is 5.75 Å². The Labute approximate surface area is 144 Å². The lowest BCUT2D eigenvalue weighted by Crippen LogP contribution is -2.11. The fraction of sp³-hybridized carbons (Fsp3) is 0.0556. The lowest BCUT2D eigenvalue weighted by Gasteiger charge is -2.08. The zero-order valence-corrected chi connectivity index (χ0v) is 13.6. The predicted octanol–water partition coefficient (Wildman–Crippen LogP) is 4.48. The highest BCUT2D eigenvalue weighted by atomic mass is 35.5. The summed E-state index contributed by atoms with van der Waals surface area (Å²) in [6.45, 7) is 1.85. The molecule has 24 heavy (non-hydrogen) atoms. The van der Waals surface area contributed by atoms with E-state index in [0.29, 0.717) is 27.9 Å². The molecule has 0 aliphatic carbocycles. The summed E-state index contributed by atoms with van der Waals surface area (Å²) in [5.41, 5.74) is 1.95. The minimum absolute atomic E-state index is 0.238. The van der Waals surface area contributed by atoms with Crippen LogP contribution in [0.4, 0.5) is 5.69 Å². The first kappa shape index (κ1) is 16.0. The number of aryl methyl sites for hydroxylation is 1. The standard InChI is InChI=1S/C18H14ClN3O2/c1-12-5-10-17(22-21-12)24-16-4-2-3-13(11-16)18(23)20-15-8-6-14(19)7-9-15/h2-11H,1H3,(H,20,23). The molecule has 6 heteroatoms. The summed E-state index contributed by atoms with van der Waals surface area (Å²) < 4.78 is 5.62. The van der Waals surface area contributed by atoms with Crippen molar-refractivity contribution in [3.05, 3.63) is 76.9 Å². The average molecular weight is 340 g/mol. The van der Waals surface area contributed by atoms with Crippen molar-refractivity contribution in [3.63, 3.8) is 0 Å². The molecule has 5 nitrogen and oxygen atoms in total. The number of aromatic nitrogens is 2. The van der Waals surface area contributed by atoms with Gasteiger partial charge >= 0.3 is 0 Å².